The number of para-hydroxylation sites is 1. The highest BCUT2D eigenvalue weighted by atomic mass is 35.5. The molecule has 3 aromatic rings. The minimum absolute atomic E-state index is 0.542. The Morgan fingerprint density at radius 3 is 2.43 bits per heavy atom. The monoisotopic (exact) mass is 395 g/mol. The second kappa shape index (κ2) is 8.35. The van der Waals surface area contributed by atoms with Gasteiger partial charge in [0.2, 0.25) is 5.95 Å². The average Bonchev–Trinajstić information content (AvgIpc) is 2.75. The second-order valence-electron chi connectivity index (χ2n) is 6.52. The molecular weight excluding hydrogens is 374 g/mol. The molecule has 0 atom stereocenters. The van der Waals surface area contributed by atoms with Crippen molar-refractivity contribution in [3.05, 3.63) is 65.8 Å². The Labute approximate surface area is 169 Å². The van der Waals surface area contributed by atoms with Gasteiger partial charge >= 0.3 is 0 Å². The molecule has 0 amide bonds. The molecule has 0 aliphatic carbocycles. The molecule has 7 heteroatoms. The van der Waals surface area contributed by atoms with E-state index in [1.807, 2.05) is 24.3 Å². The van der Waals surface area contributed by atoms with E-state index in [9.17, 15) is 0 Å². The van der Waals surface area contributed by atoms with Gasteiger partial charge in [0.05, 0.1) is 12.1 Å². The Morgan fingerprint density at radius 2 is 1.71 bits per heavy atom. The van der Waals surface area contributed by atoms with Crippen LogP contribution in [0.15, 0.2) is 60.8 Å². The number of ether oxygens (including phenoxy) is 1. The van der Waals surface area contributed by atoms with Gasteiger partial charge < -0.3 is 19.9 Å². The van der Waals surface area contributed by atoms with Gasteiger partial charge in [0, 0.05) is 43.8 Å². The number of hydrogen-bond acceptors (Lipinski definition) is 6. The van der Waals surface area contributed by atoms with E-state index in [-0.39, 0.29) is 0 Å². The van der Waals surface area contributed by atoms with Crippen LogP contribution >= 0.6 is 11.6 Å². The first-order chi connectivity index (χ1) is 13.7. The molecule has 1 fully saturated rings. The number of nitrogens with one attached hydrogen (secondary N) is 1. The maximum absolute atomic E-state index is 6.19. The number of hydrogen-bond donors (Lipinski definition) is 1. The quantitative estimate of drug-likeness (QED) is 0.698. The van der Waals surface area contributed by atoms with Gasteiger partial charge in [0.1, 0.15) is 11.6 Å². The van der Waals surface area contributed by atoms with Gasteiger partial charge in [-0.2, -0.15) is 4.98 Å². The fourth-order valence-electron chi connectivity index (χ4n) is 3.29. The van der Waals surface area contributed by atoms with Crippen LogP contribution in [-0.4, -0.2) is 43.3 Å². The number of piperazine rings is 1. The zero-order valence-corrected chi connectivity index (χ0v) is 16.4. The smallest absolute Gasteiger partial charge is 0.229 e. The summed E-state index contributed by atoms with van der Waals surface area (Å²) < 4.78 is 5.19. The Balaban J connectivity index is 1.42. The first-order valence-electron chi connectivity index (χ1n) is 9.21. The molecule has 2 aromatic carbocycles. The number of aromatic nitrogens is 2. The van der Waals surface area contributed by atoms with Crippen LogP contribution in [0.3, 0.4) is 0 Å². The van der Waals surface area contributed by atoms with Gasteiger partial charge in [-0.1, -0.05) is 29.8 Å². The van der Waals surface area contributed by atoms with Crippen LogP contribution in [0, 0.1) is 0 Å². The van der Waals surface area contributed by atoms with Crippen molar-refractivity contribution in [3.8, 4) is 5.75 Å². The highest BCUT2D eigenvalue weighted by Crippen LogP contribution is 2.28. The second-order valence-corrected chi connectivity index (χ2v) is 6.93. The van der Waals surface area contributed by atoms with E-state index >= 15 is 0 Å². The third-order valence-electron chi connectivity index (χ3n) is 4.77. The number of anilines is 4. The molecule has 2 heterocycles. The molecule has 1 saturated heterocycles. The zero-order chi connectivity index (χ0) is 19.3. The van der Waals surface area contributed by atoms with Gasteiger partial charge in [-0.05, 0) is 36.4 Å². The molecule has 0 spiro atoms. The maximum Gasteiger partial charge on any atom is 0.229 e. The summed E-state index contributed by atoms with van der Waals surface area (Å²) in [5.41, 5.74) is 2.08. The predicted octanol–water partition coefficient (Wildman–Crippen LogP) is 4.21. The standard InChI is InChI=1S/C21H22ClN5O/c1-28-19-8-7-16(15-18(19)22)24-21-23-10-9-20(25-21)27-13-11-26(12-14-27)17-5-3-2-4-6-17/h2-10,15H,11-14H2,1H3,(H,23,24,25). The highest BCUT2D eigenvalue weighted by Gasteiger charge is 2.18. The lowest BCUT2D eigenvalue weighted by atomic mass is 10.2. The van der Waals surface area contributed by atoms with Crippen LogP contribution in [0.25, 0.3) is 0 Å². The molecule has 1 aromatic heterocycles. The molecule has 1 aliphatic rings. The Hall–Kier alpha value is -2.99. The van der Waals surface area contributed by atoms with Crippen LogP contribution in [0.1, 0.15) is 0 Å². The van der Waals surface area contributed by atoms with Crippen LogP contribution in [0.4, 0.5) is 23.1 Å². The fraction of sp³-hybridized carbons (Fsp3) is 0.238. The van der Waals surface area contributed by atoms with Crippen molar-refractivity contribution in [1.29, 1.82) is 0 Å². The Morgan fingerprint density at radius 1 is 0.964 bits per heavy atom. The normalized spacial score (nSPS) is 14.1. The van der Waals surface area contributed by atoms with E-state index in [1.54, 1.807) is 19.4 Å². The van der Waals surface area contributed by atoms with Gasteiger partial charge in [-0.3, -0.25) is 0 Å². The van der Waals surface area contributed by atoms with Crippen molar-refractivity contribution in [2.24, 2.45) is 0 Å². The van der Waals surface area contributed by atoms with Crippen molar-refractivity contribution in [2.45, 2.75) is 0 Å². The van der Waals surface area contributed by atoms with Crippen molar-refractivity contribution in [2.75, 3.05) is 48.4 Å². The van der Waals surface area contributed by atoms with Crippen molar-refractivity contribution in [1.82, 2.24) is 9.97 Å². The lowest BCUT2D eigenvalue weighted by Gasteiger charge is -2.36. The first-order valence-corrected chi connectivity index (χ1v) is 9.59. The van der Waals surface area contributed by atoms with Gasteiger partial charge in [0.25, 0.3) is 0 Å². The molecule has 1 aliphatic heterocycles. The molecule has 0 bridgehead atoms. The minimum Gasteiger partial charge on any atom is -0.495 e. The molecule has 0 unspecified atom stereocenters. The number of halogens is 1. The first kappa shape index (κ1) is 18.4. The summed E-state index contributed by atoms with van der Waals surface area (Å²) in [5.74, 6) is 2.10. The van der Waals surface area contributed by atoms with Crippen molar-refractivity contribution in [3.63, 3.8) is 0 Å². The third-order valence-corrected chi connectivity index (χ3v) is 5.07. The van der Waals surface area contributed by atoms with Crippen LogP contribution < -0.4 is 19.9 Å². The summed E-state index contributed by atoms with van der Waals surface area (Å²) in [6.45, 7) is 3.76. The largest absolute Gasteiger partial charge is 0.495 e. The van der Waals surface area contributed by atoms with Gasteiger partial charge in [0.15, 0.2) is 0 Å². The number of methoxy groups -OCH3 is 1. The van der Waals surface area contributed by atoms with Crippen LogP contribution in [-0.2, 0) is 0 Å². The van der Waals surface area contributed by atoms with Gasteiger partial charge in [-0.15, -0.1) is 0 Å². The van der Waals surface area contributed by atoms with E-state index < -0.39 is 0 Å². The third kappa shape index (κ3) is 4.12. The summed E-state index contributed by atoms with van der Waals surface area (Å²) >= 11 is 6.19. The number of nitrogens with zero attached hydrogens (tertiary/aromatic N) is 4. The topological polar surface area (TPSA) is 53.5 Å². The molecule has 144 valence electrons. The molecule has 4 rings (SSSR count). The fourth-order valence-corrected chi connectivity index (χ4v) is 3.55. The van der Waals surface area contributed by atoms with Gasteiger partial charge in [-0.25, -0.2) is 4.98 Å². The maximum atomic E-state index is 6.19. The summed E-state index contributed by atoms with van der Waals surface area (Å²) in [6, 6.07) is 18.0. The van der Waals surface area contributed by atoms with Crippen molar-refractivity contribution >= 4 is 34.7 Å². The molecule has 0 saturated carbocycles. The Bertz CT molecular complexity index is 929. The Kier molecular flexibility index (Phi) is 5.48. The summed E-state index contributed by atoms with van der Waals surface area (Å²) in [5, 5.41) is 3.75. The highest BCUT2D eigenvalue weighted by molar-refractivity contribution is 6.32. The van der Waals surface area contributed by atoms with Crippen LogP contribution in [0.5, 0.6) is 5.75 Å². The number of rotatable bonds is 5. The lowest BCUT2D eigenvalue weighted by molar-refractivity contribution is 0.415. The van der Waals surface area contributed by atoms with E-state index in [2.05, 4.69) is 49.4 Å². The van der Waals surface area contributed by atoms with E-state index in [1.165, 1.54) is 5.69 Å². The van der Waals surface area contributed by atoms with Crippen molar-refractivity contribution < 1.29 is 4.74 Å². The molecular formula is C21H22ClN5O. The van der Waals surface area contributed by atoms with Crippen LogP contribution in [0.2, 0.25) is 5.02 Å². The zero-order valence-electron chi connectivity index (χ0n) is 15.7. The SMILES string of the molecule is COc1ccc(Nc2nccc(N3CCN(c4ccccc4)CC3)n2)cc1Cl. The minimum atomic E-state index is 0.542. The summed E-state index contributed by atoms with van der Waals surface area (Å²) in [7, 11) is 1.60. The average molecular weight is 396 g/mol. The molecule has 28 heavy (non-hydrogen) atoms. The predicted molar refractivity (Wildman–Crippen MR) is 114 cm³/mol. The molecule has 0 radical (unpaired) electrons. The summed E-state index contributed by atoms with van der Waals surface area (Å²) in [4.78, 5) is 13.7. The van der Waals surface area contributed by atoms with E-state index in [0.29, 0.717) is 16.7 Å². The number of benzene rings is 2. The van der Waals surface area contributed by atoms with E-state index in [0.717, 1.165) is 37.7 Å². The lowest BCUT2D eigenvalue weighted by Crippen LogP contribution is -2.46. The van der Waals surface area contributed by atoms with E-state index in [4.69, 9.17) is 16.3 Å². The molecule has 1 N–H and O–H groups in total. The molecule has 6 nitrogen and oxygen atoms in total. The summed E-state index contributed by atoms with van der Waals surface area (Å²) in [6.07, 6.45) is 1.78.